The van der Waals surface area contributed by atoms with Gasteiger partial charge < -0.3 is 9.47 Å². The summed E-state index contributed by atoms with van der Waals surface area (Å²) in [6.07, 6.45) is 4.22. The van der Waals surface area contributed by atoms with Crippen molar-refractivity contribution in [2.75, 3.05) is 0 Å². The molecule has 0 saturated heterocycles. The van der Waals surface area contributed by atoms with E-state index in [2.05, 4.69) is 108 Å². The first-order chi connectivity index (χ1) is 19.9. The van der Waals surface area contributed by atoms with Crippen molar-refractivity contribution in [3.8, 4) is 34.3 Å². The molecule has 0 N–H and O–H groups in total. The Kier molecular flexibility index (Phi) is 5.28. The molecule has 4 heterocycles. The first kappa shape index (κ1) is 26.1. The van der Waals surface area contributed by atoms with E-state index in [0.717, 1.165) is 22.7 Å². The normalized spacial score (nSPS) is 17.5. The Labute approximate surface area is 253 Å². The number of hydrogen-bond acceptors (Lipinski definition) is 4. The standard InChI is InChI=1S/C37H36BNO2S/c1-35(2,3)23-10-13-30-24(20-23)32-33(42-30)38-27-12-9-22(19-29(27)41-34-31(38)28(40-32)14-17-39-34)21-8-11-25-26(18-21)37(6,7)16-15-36(25,4)5/h8-14,17-20H,15-16H2,1-7H3. The fourth-order valence-electron chi connectivity index (χ4n) is 7.18. The quantitative estimate of drug-likeness (QED) is 0.186. The summed E-state index contributed by atoms with van der Waals surface area (Å²) in [5.41, 5.74) is 9.32. The Bertz CT molecular complexity index is 1940. The lowest BCUT2D eigenvalue weighted by Gasteiger charge is -2.42. The van der Waals surface area contributed by atoms with E-state index in [9.17, 15) is 0 Å². The molecule has 8 rings (SSSR count). The lowest BCUT2D eigenvalue weighted by Crippen LogP contribution is -2.56. The first-order valence-corrected chi connectivity index (χ1v) is 15.9. The van der Waals surface area contributed by atoms with Gasteiger partial charge in [-0.05, 0) is 86.6 Å². The maximum absolute atomic E-state index is 6.63. The molecule has 2 aliphatic heterocycles. The van der Waals surface area contributed by atoms with Crippen molar-refractivity contribution >= 4 is 43.8 Å². The van der Waals surface area contributed by atoms with Crippen LogP contribution in [-0.4, -0.2) is 11.7 Å². The summed E-state index contributed by atoms with van der Waals surface area (Å²) < 4.78 is 15.7. The summed E-state index contributed by atoms with van der Waals surface area (Å²) in [4.78, 5) is 4.68. The van der Waals surface area contributed by atoms with Gasteiger partial charge >= 0.3 is 0 Å². The van der Waals surface area contributed by atoms with E-state index in [1.54, 1.807) is 6.20 Å². The number of thiophene rings is 1. The van der Waals surface area contributed by atoms with Gasteiger partial charge in [0.25, 0.3) is 6.71 Å². The molecular formula is C37H36BNO2S. The van der Waals surface area contributed by atoms with Gasteiger partial charge in [-0.3, -0.25) is 0 Å². The highest BCUT2D eigenvalue weighted by Crippen LogP contribution is 2.47. The minimum absolute atomic E-state index is 0.0315. The molecule has 3 aromatic carbocycles. The van der Waals surface area contributed by atoms with Crippen LogP contribution < -0.4 is 25.2 Å². The molecule has 0 radical (unpaired) electrons. The summed E-state index contributed by atoms with van der Waals surface area (Å²) in [6.45, 7) is 16.4. The highest BCUT2D eigenvalue weighted by atomic mass is 32.1. The predicted octanol–water partition coefficient (Wildman–Crippen LogP) is 8.34. The molecule has 2 aromatic heterocycles. The molecule has 3 nitrogen and oxygen atoms in total. The summed E-state index contributed by atoms with van der Waals surface area (Å²) >= 11 is 1.83. The minimum atomic E-state index is 0.0315. The molecule has 5 aromatic rings. The molecule has 0 amide bonds. The van der Waals surface area contributed by atoms with Crippen molar-refractivity contribution < 1.29 is 9.47 Å². The van der Waals surface area contributed by atoms with E-state index in [-0.39, 0.29) is 23.0 Å². The lowest BCUT2D eigenvalue weighted by molar-refractivity contribution is 0.332. The van der Waals surface area contributed by atoms with Crippen LogP contribution in [0.2, 0.25) is 0 Å². The van der Waals surface area contributed by atoms with Crippen LogP contribution in [0.25, 0.3) is 21.2 Å². The van der Waals surface area contributed by atoms with E-state index in [1.807, 2.05) is 17.4 Å². The first-order valence-electron chi connectivity index (χ1n) is 15.1. The molecule has 0 fully saturated rings. The molecule has 5 heteroatoms. The summed E-state index contributed by atoms with van der Waals surface area (Å²) in [6, 6.07) is 22.7. The van der Waals surface area contributed by atoms with E-state index in [1.165, 1.54) is 61.0 Å². The highest BCUT2D eigenvalue weighted by molar-refractivity contribution is 7.33. The third kappa shape index (κ3) is 3.75. The van der Waals surface area contributed by atoms with E-state index in [0.29, 0.717) is 5.88 Å². The van der Waals surface area contributed by atoms with Gasteiger partial charge in [0.2, 0.25) is 5.88 Å². The zero-order valence-electron chi connectivity index (χ0n) is 25.5. The average molecular weight is 570 g/mol. The van der Waals surface area contributed by atoms with Crippen LogP contribution in [0.15, 0.2) is 66.9 Å². The van der Waals surface area contributed by atoms with Crippen molar-refractivity contribution in [2.24, 2.45) is 0 Å². The fourth-order valence-corrected chi connectivity index (χ4v) is 8.42. The Hall–Kier alpha value is -3.57. The monoisotopic (exact) mass is 569 g/mol. The molecule has 42 heavy (non-hydrogen) atoms. The van der Waals surface area contributed by atoms with Crippen LogP contribution in [0.4, 0.5) is 0 Å². The largest absolute Gasteiger partial charge is 0.457 e. The van der Waals surface area contributed by atoms with Gasteiger partial charge in [0, 0.05) is 26.5 Å². The summed E-state index contributed by atoms with van der Waals surface area (Å²) in [7, 11) is 0. The van der Waals surface area contributed by atoms with E-state index in [4.69, 9.17) is 9.47 Å². The van der Waals surface area contributed by atoms with Crippen molar-refractivity contribution in [3.63, 3.8) is 0 Å². The Morgan fingerprint density at radius 1 is 0.786 bits per heavy atom. The number of pyridine rings is 1. The lowest BCUT2D eigenvalue weighted by atomic mass is 9.38. The van der Waals surface area contributed by atoms with Gasteiger partial charge in [0.15, 0.2) is 0 Å². The highest BCUT2D eigenvalue weighted by Gasteiger charge is 2.43. The summed E-state index contributed by atoms with van der Waals surface area (Å²) in [5.74, 6) is 3.35. The molecule has 0 saturated carbocycles. The van der Waals surface area contributed by atoms with Gasteiger partial charge in [-0.2, -0.15) is 0 Å². The van der Waals surface area contributed by atoms with Crippen molar-refractivity contribution in [2.45, 2.75) is 77.6 Å². The number of nitrogens with zero attached hydrogens (tertiary/aromatic N) is 1. The van der Waals surface area contributed by atoms with Gasteiger partial charge in [-0.1, -0.05) is 84.9 Å². The molecule has 0 bridgehead atoms. The maximum atomic E-state index is 6.63. The average Bonchev–Trinajstić information content (AvgIpc) is 3.32. The van der Waals surface area contributed by atoms with Crippen LogP contribution >= 0.6 is 11.3 Å². The van der Waals surface area contributed by atoms with Crippen molar-refractivity contribution in [1.82, 2.24) is 4.98 Å². The molecule has 3 aliphatic rings. The van der Waals surface area contributed by atoms with Crippen LogP contribution in [0.1, 0.15) is 78.0 Å². The molecule has 0 spiro atoms. The van der Waals surface area contributed by atoms with E-state index < -0.39 is 0 Å². The van der Waals surface area contributed by atoms with Gasteiger partial charge in [0.05, 0.1) is 0 Å². The minimum Gasteiger partial charge on any atom is -0.457 e. The summed E-state index contributed by atoms with van der Waals surface area (Å²) in [5, 5.41) is 1.19. The SMILES string of the molecule is CC(C)(C)c1ccc2sc3c(c2c1)Oc1ccnc2c1B3c1ccc(-c3ccc4c(c3)C(C)(C)CCC4(C)C)cc1O2. The number of rotatable bonds is 1. The number of fused-ring (bicyclic) bond motifs is 7. The second kappa shape index (κ2) is 8.51. The number of hydrogen-bond donors (Lipinski definition) is 0. The number of aromatic nitrogens is 1. The van der Waals surface area contributed by atoms with Crippen LogP contribution in [-0.2, 0) is 16.2 Å². The maximum Gasteiger partial charge on any atom is 0.275 e. The third-order valence-corrected chi connectivity index (χ3v) is 11.1. The zero-order valence-corrected chi connectivity index (χ0v) is 26.3. The van der Waals surface area contributed by atoms with Crippen molar-refractivity contribution in [3.05, 3.63) is 83.6 Å². The number of benzene rings is 3. The van der Waals surface area contributed by atoms with Crippen LogP contribution in [0.5, 0.6) is 23.1 Å². The third-order valence-electron chi connectivity index (χ3n) is 9.93. The molecular weight excluding hydrogens is 533 g/mol. The Morgan fingerprint density at radius 3 is 2.31 bits per heavy atom. The van der Waals surface area contributed by atoms with Crippen LogP contribution in [0.3, 0.4) is 0 Å². The number of ether oxygens (including phenoxy) is 2. The van der Waals surface area contributed by atoms with Gasteiger partial charge in [-0.15, -0.1) is 11.3 Å². The Morgan fingerprint density at radius 2 is 1.52 bits per heavy atom. The zero-order chi connectivity index (χ0) is 29.2. The predicted molar refractivity (Wildman–Crippen MR) is 177 cm³/mol. The Balaban J connectivity index is 1.27. The topological polar surface area (TPSA) is 31.4 Å². The molecule has 0 atom stereocenters. The smallest absolute Gasteiger partial charge is 0.275 e. The van der Waals surface area contributed by atoms with Gasteiger partial charge in [-0.25, -0.2) is 4.98 Å². The molecule has 1 aliphatic carbocycles. The van der Waals surface area contributed by atoms with Gasteiger partial charge in [0.1, 0.15) is 17.2 Å². The second-order valence-corrected chi connectivity index (χ2v) is 15.8. The second-order valence-electron chi connectivity index (χ2n) is 14.7. The van der Waals surface area contributed by atoms with E-state index >= 15 is 0 Å². The fraction of sp³-hybridized carbons (Fsp3) is 0.324. The molecule has 0 unspecified atom stereocenters. The van der Waals surface area contributed by atoms with Crippen LogP contribution in [0, 0.1) is 0 Å². The van der Waals surface area contributed by atoms with Crippen molar-refractivity contribution in [1.29, 1.82) is 0 Å². The molecule has 210 valence electrons.